The van der Waals surface area contributed by atoms with E-state index >= 15 is 0 Å². The largest absolute Gasteiger partial charge is 0.468 e. The van der Waals surface area contributed by atoms with Gasteiger partial charge in [0.2, 0.25) is 0 Å². The maximum Gasteiger partial charge on any atom is 0.317 e. The molecule has 0 saturated carbocycles. The molecule has 0 aliphatic rings. The van der Waals surface area contributed by atoms with Gasteiger partial charge in [0.15, 0.2) is 0 Å². The van der Waals surface area contributed by atoms with Crippen LogP contribution in [0.25, 0.3) is 0 Å². The van der Waals surface area contributed by atoms with Crippen LogP contribution in [0, 0.1) is 24.6 Å². The highest BCUT2D eigenvalue weighted by molar-refractivity contribution is 5.72. The Kier molecular flexibility index (Phi) is 3.81. The Hall–Kier alpha value is -1.89. The zero-order chi connectivity index (χ0) is 11.3. The van der Waals surface area contributed by atoms with Gasteiger partial charge in [0.05, 0.1) is 12.8 Å². The van der Waals surface area contributed by atoms with Crippen LogP contribution in [0.4, 0.5) is 4.39 Å². The molecule has 0 unspecified atom stereocenters. The van der Waals surface area contributed by atoms with Crippen molar-refractivity contribution < 1.29 is 13.9 Å². The van der Waals surface area contributed by atoms with Crippen molar-refractivity contribution in [3.8, 4) is 11.8 Å². The van der Waals surface area contributed by atoms with Gasteiger partial charge in [-0.25, -0.2) is 9.37 Å². The van der Waals surface area contributed by atoms with E-state index in [1.54, 1.807) is 6.92 Å². The Balaban J connectivity index is 2.72. The van der Waals surface area contributed by atoms with Crippen molar-refractivity contribution in [1.29, 1.82) is 0 Å². The summed E-state index contributed by atoms with van der Waals surface area (Å²) in [5.74, 6) is 4.47. The first kappa shape index (κ1) is 11.2. The molecule has 4 heteroatoms. The van der Waals surface area contributed by atoms with E-state index in [9.17, 15) is 9.18 Å². The summed E-state index contributed by atoms with van der Waals surface area (Å²) in [4.78, 5) is 14.6. The number of carbonyl (C=O) groups excluding carboxylic acids is 1. The number of nitrogens with zero attached hydrogens (tertiary/aromatic N) is 1. The van der Waals surface area contributed by atoms with E-state index in [0.717, 1.165) is 0 Å². The Morgan fingerprint density at radius 1 is 1.60 bits per heavy atom. The molecule has 0 saturated heterocycles. The van der Waals surface area contributed by atoms with Crippen molar-refractivity contribution in [2.45, 2.75) is 13.3 Å². The number of pyridine rings is 1. The highest BCUT2D eigenvalue weighted by Gasteiger charge is 1.98. The molecular formula is C11H10FNO2. The summed E-state index contributed by atoms with van der Waals surface area (Å²) < 4.78 is 17.2. The SMILES string of the molecule is COC(=O)CC#Cc1ccc(F)c(C)n1. The number of hydrogen-bond acceptors (Lipinski definition) is 3. The van der Waals surface area contributed by atoms with E-state index in [0.29, 0.717) is 11.4 Å². The molecule has 0 aromatic carbocycles. The standard InChI is InChI=1S/C11H10FNO2/c1-8-10(12)7-6-9(13-8)4-3-5-11(14)15-2/h6-7H,5H2,1-2H3. The van der Waals surface area contributed by atoms with Gasteiger partial charge in [0.25, 0.3) is 0 Å². The second kappa shape index (κ2) is 5.11. The number of hydrogen-bond donors (Lipinski definition) is 0. The van der Waals surface area contributed by atoms with Gasteiger partial charge < -0.3 is 4.74 Å². The molecule has 0 aliphatic heterocycles. The number of halogens is 1. The quantitative estimate of drug-likeness (QED) is 0.516. The third kappa shape index (κ3) is 3.39. The highest BCUT2D eigenvalue weighted by atomic mass is 19.1. The third-order valence-corrected chi connectivity index (χ3v) is 1.70. The first-order valence-corrected chi connectivity index (χ1v) is 4.32. The molecule has 15 heavy (non-hydrogen) atoms. The van der Waals surface area contributed by atoms with Crippen LogP contribution >= 0.6 is 0 Å². The summed E-state index contributed by atoms with van der Waals surface area (Å²) in [6, 6.07) is 2.76. The summed E-state index contributed by atoms with van der Waals surface area (Å²) in [6.45, 7) is 1.56. The first-order chi connectivity index (χ1) is 7.13. The van der Waals surface area contributed by atoms with Gasteiger partial charge in [-0.1, -0.05) is 5.92 Å². The second-order valence-corrected chi connectivity index (χ2v) is 2.82. The molecule has 3 nitrogen and oxygen atoms in total. The first-order valence-electron chi connectivity index (χ1n) is 4.32. The van der Waals surface area contributed by atoms with Gasteiger partial charge in [-0.2, -0.15) is 0 Å². The Bertz CT molecular complexity index is 432. The molecular weight excluding hydrogens is 197 g/mol. The lowest BCUT2D eigenvalue weighted by Crippen LogP contribution is -1.97. The van der Waals surface area contributed by atoms with Crippen LogP contribution < -0.4 is 0 Å². The predicted molar refractivity (Wildman–Crippen MR) is 52.4 cm³/mol. The predicted octanol–water partition coefficient (Wildman–Crippen LogP) is 1.44. The number of ether oxygens (including phenoxy) is 1. The molecule has 0 bridgehead atoms. The summed E-state index contributed by atoms with van der Waals surface area (Å²) >= 11 is 0. The number of esters is 1. The van der Waals surface area contributed by atoms with Gasteiger partial charge in [-0.15, -0.1) is 0 Å². The van der Waals surface area contributed by atoms with Crippen LogP contribution in [-0.2, 0) is 9.53 Å². The van der Waals surface area contributed by atoms with Gasteiger partial charge in [0.1, 0.15) is 17.9 Å². The Labute approximate surface area is 87.3 Å². The van der Waals surface area contributed by atoms with Crippen LogP contribution in [0.2, 0.25) is 0 Å². The summed E-state index contributed by atoms with van der Waals surface area (Å²) in [5.41, 5.74) is 0.734. The van der Waals surface area contributed by atoms with Crippen LogP contribution in [0.3, 0.4) is 0 Å². The number of rotatable bonds is 1. The molecule has 0 fully saturated rings. The molecule has 1 rings (SSSR count). The van der Waals surface area contributed by atoms with Crippen molar-refractivity contribution in [3.05, 3.63) is 29.3 Å². The van der Waals surface area contributed by atoms with E-state index in [1.165, 1.54) is 19.2 Å². The fraction of sp³-hybridized carbons (Fsp3) is 0.273. The van der Waals surface area contributed by atoms with Crippen molar-refractivity contribution in [1.82, 2.24) is 4.98 Å². The molecule has 78 valence electrons. The van der Waals surface area contributed by atoms with E-state index < -0.39 is 5.97 Å². The monoisotopic (exact) mass is 207 g/mol. The fourth-order valence-corrected chi connectivity index (χ4v) is 0.893. The van der Waals surface area contributed by atoms with Crippen LogP contribution in [0.5, 0.6) is 0 Å². The molecule has 0 aliphatic carbocycles. The van der Waals surface area contributed by atoms with E-state index in [1.807, 2.05) is 0 Å². The highest BCUT2D eigenvalue weighted by Crippen LogP contribution is 2.03. The van der Waals surface area contributed by atoms with Crippen LogP contribution in [0.1, 0.15) is 17.8 Å². The smallest absolute Gasteiger partial charge is 0.317 e. The van der Waals surface area contributed by atoms with Gasteiger partial charge >= 0.3 is 5.97 Å². The molecule has 0 amide bonds. The van der Waals surface area contributed by atoms with E-state index in [-0.39, 0.29) is 12.2 Å². The Morgan fingerprint density at radius 3 is 2.93 bits per heavy atom. The van der Waals surface area contributed by atoms with Gasteiger partial charge in [-0.05, 0) is 25.0 Å². The van der Waals surface area contributed by atoms with Crippen LogP contribution in [0.15, 0.2) is 12.1 Å². The normalized spacial score (nSPS) is 9.00. The lowest BCUT2D eigenvalue weighted by atomic mass is 10.3. The Morgan fingerprint density at radius 2 is 2.33 bits per heavy atom. The number of methoxy groups -OCH3 is 1. The molecule has 0 spiro atoms. The second-order valence-electron chi connectivity index (χ2n) is 2.82. The van der Waals surface area contributed by atoms with Crippen molar-refractivity contribution in [3.63, 3.8) is 0 Å². The van der Waals surface area contributed by atoms with E-state index in [2.05, 4.69) is 21.6 Å². The lowest BCUT2D eigenvalue weighted by molar-refractivity contribution is -0.139. The molecule has 1 aromatic heterocycles. The molecule has 1 aromatic rings. The molecule has 0 atom stereocenters. The van der Waals surface area contributed by atoms with Crippen molar-refractivity contribution in [2.24, 2.45) is 0 Å². The molecule has 1 heterocycles. The molecule has 0 N–H and O–H groups in total. The lowest BCUT2D eigenvalue weighted by Gasteiger charge is -1.94. The summed E-state index contributed by atoms with van der Waals surface area (Å²) in [5, 5.41) is 0. The van der Waals surface area contributed by atoms with Gasteiger partial charge in [0, 0.05) is 0 Å². The number of aromatic nitrogens is 1. The average Bonchev–Trinajstić information content (AvgIpc) is 2.23. The minimum Gasteiger partial charge on any atom is -0.468 e. The minimum atomic E-state index is -0.402. The van der Waals surface area contributed by atoms with Gasteiger partial charge in [-0.3, -0.25) is 4.79 Å². The number of aryl methyl sites for hydroxylation is 1. The van der Waals surface area contributed by atoms with Crippen LogP contribution in [-0.4, -0.2) is 18.1 Å². The summed E-state index contributed by atoms with van der Waals surface area (Å²) in [6.07, 6.45) is 0.00854. The van der Waals surface area contributed by atoms with Crippen molar-refractivity contribution in [2.75, 3.05) is 7.11 Å². The van der Waals surface area contributed by atoms with E-state index in [4.69, 9.17) is 0 Å². The average molecular weight is 207 g/mol. The number of carbonyl (C=O) groups is 1. The van der Waals surface area contributed by atoms with Crippen molar-refractivity contribution >= 4 is 5.97 Å². The molecule has 0 radical (unpaired) electrons. The fourth-order valence-electron chi connectivity index (χ4n) is 0.893. The minimum absolute atomic E-state index is 0.00854. The summed E-state index contributed by atoms with van der Waals surface area (Å²) in [7, 11) is 1.30. The third-order valence-electron chi connectivity index (χ3n) is 1.70. The maximum atomic E-state index is 12.8. The maximum absolute atomic E-state index is 12.8. The topological polar surface area (TPSA) is 39.2 Å². The zero-order valence-electron chi connectivity index (χ0n) is 8.50. The zero-order valence-corrected chi connectivity index (χ0v) is 8.50.